The van der Waals surface area contributed by atoms with Crippen molar-refractivity contribution in [3.05, 3.63) is 10.1 Å². The van der Waals surface area contributed by atoms with Crippen LogP contribution in [0.4, 0.5) is 0 Å². The molecule has 1 saturated carbocycles. The molecule has 2 heterocycles. The molecule has 1 spiro atoms. The van der Waals surface area contributed by atoms with Crippen molar-refractivity contribution in [1.82, 2.24) is 0 Å². The van der Waals surface area contributed by atoms with Crippen molar-refractivity contribution < 1.29 is 18.9 Å². The van der Waals surface area contributed by atoms with Gasteiger partial charge in [-0.3, -0.25) is 14.9 Å². The Balaban J connectivity index is 2.06. The molecule has 2 saturated heterocycles. The first kappa shape index (κ1) is 26.3. The Hall–Kier alpha value is -1.30. The molecule has 3 rings (SSSR count). The molecule has 0 aromatic carbocycles. The molecule has 3 fully saturated rings. The maximum atomic E-state index is 14.5. The van der Waals surface area contributed by atoms with Gasteiger partial charge >= 0.3 is 0 Å². The topological polar surface area (TPSA) is 102 Å². The fourth-order valence-corrected chi connectivity index (χ4v) is 7.64. The number of ketones is 1. The van der Waals surface area contributed by atoms with Gasteiger partial charge in [0.15, 0.2) is 14.1 Å². The van der Waals surface area contributed by atoms with E-state index in [0.717, 1.165) is 19.3 Å². The number of ether oxygens (including phenoxy) is 1. The number of rotatable bonds is 6. The van der Waals surface area contributed by atoms with E-state index in [1.54, 1.807) is 0 Å². The Kier molecular flexibility index (Phi) is 6.71. The number of carbonyl (C=O) groups excluding carboxylic acids is 1. The van der Waals surface area contributed by atoms with Crippen molar-refractivity contribution in [2.45, 2.75) is 103 Å². The number of nitriles is 1. The Morgan fingerprint density at radius 3 is 2.48 bits per heavy atom. The minimum absolute atomic E-state index is 0.0272. The van der Waals surface area contributed by atoms with Crippen LogP contribution in [0.1, 0.15) is 73.6 Å². The van der Waals surface area contributed by atoms with Crippen LogP contribution in [0.3, 0.4) is 0 Å². The van der Waals surface area contributed by atoms with E-state index < -0.39 is 31.2 Å². The number of nitrogens with zero attached hydrogens (tertiary/aromatic N) is 2. The molecule has 0 aromatic heterocycles. The summed E-state index contributed by atoms with van der Waals surface area (Å²) >= 11 is 0. The molecule has 0 aromatic rings. The van der Waals surface area contributed by atoms with Gasteiger partial charge < -0.3 is 9.16 Å². The van der Waals surface area contributed by atoms with E-state index in [2.05, 4.69) is 46.9 Å². The van der Waals surface area contributed by atoms with Gasteiger partial charge in [-0.05, 0) is 42.8 Å². The predicted octanol–water partition coefficient (Wildman–Crippen LogP) is 5.37. The highest BCUT2D eigenvalue weighted by molar-refractivity contribution is 6.74. The number of nitro groups is 1. The first-order chi connectivity index (χ1) is 15.0. The number of fused-ring (bicyclic) bond motifs is 1. The summed E-state index contributed by atoms with van der Waals surface area (Å²) in [5, 5.41) is 21.4. The highest BCUT2D eigenvalue weighted by atomic mass is 28.4. The molecule has 0 N–H and O–H groups in total. The first-order valence-corrected chi connectivity index (χ1v) is 15.3. The number of hydrogen-bond donors (Lipinski definition) is 0. The van der Waals surface area contributed by atoms with E-state index in [-0.39, 0.29) is 46.1 Å². The molecule has 7 nitrogen and oxygen atoms in total. The zero-order valence-electron chi connectivity index (χ0n) is 21.7. The SMILES string of the molecule is CC1(C)C(C#N)[C@@H]2C[C@]3(C)CCC[C@H](CO[Si](C)(C)C(C)(C)C)[C@@]3(O2)C(=O)[C@@H]1CC[N+](=O)[O-]. The summed E-state index contributed by atoms with van der Waals surface area (Å²) in [6, 6.07) is 2.44. The van der Waals surface area contributed by atoms with E-state index in [0.29, 0.717) is 13.0 Å². The second-order valence-electron chi connectivity index (χ2n) is 13.0. The molecular formula is C25H42N2O5Si. The van der Waals surface area contributed by atoms with Crippen molar-refractivity contribution >= 4 is 14.1 Å². The first-order valence-electron chi connectivity index (χ1n) is 12.4. The fourth-order valence-electron chi connectivity index (χ4n) is 6.59. The van der Waals surface area contributed by atoms with Crippen LogP contribution in [0, 0.1) is 50.0 Å². The van der Waals surface area contributed by atoms with Crippen molar-refractivity contribution in [3.63, 3.8) is 0 Å². The normalized spacial score (nSPS) is 38.3. The molecule has 33 heavy (non-hydrogen) atoms. The summed E-state index contributed by atoms with van der Waals surface area (Å²) in [5.74, 6) is -1.21. The zero-order chi connectivity index (χ0) is 25.0. The third kappa shape index (κ3) is 4.08. The lowest BCUT2D eigenvalue weighted by atomic mass is 9.51. The summed E-state index contributed by atoms with van der Waals surface area (Å²) in [6.45, 7) is 17.2. The predicted molar refractivity (Wildman–Crippen MR) is 129 cm³/mol. The van der Waals surface area contributed by atoms with Gasteiger partial charge in [0, 0.05) is 35.2 Å². The lowest BCUT2D eigenvalue weighted by Gasteiger charge is -2.52. The average molecular weight is 479 g/mol. The molecule has 2 bridgehead atoms. The molecule has 8 heteroatoms. The third-order valence-electron chi connectivity index (χ3n) is 9.69. The summed E-state index contributed by atoms with van der Waals surface area (Å²) in [5.41, 5.74) is -2.12. The molecule has 1 aliphatic carbocycles. The minimum atomic E-state index is -2.04. The summed E-state index contributed by atoms with van der Waals surface area (Å²) in [6.07, 6.45) is 3.18. The maximum Gasteiger partial charge on any atom is 0.204 e. The minimum Gasteiger partial charge on any atom is -0.416 e. The van der Waals surface area contributed by atoms with Gasteiger partial charge in [0.2, 0.25) is 6.54 Å². The highest BCUT2D eigenvalue weighted by Gasteiger charge is 2.71. The standard InChI is InChI=1S/C25H42N2O5Si/c1-22(2,3)33(7,8)31-16-17-10-9-12-24(6)14-20-19(15-26)23(4,5)18(11-13-27(29)30)21(28)25(17,24)32-20/h17-20H,9-14,16H2,1-8H3/t17-,18+,19?,20+,24+,25-/m1/s1. The molecule has 3 aliphatic rings. The fraction of sp³-hybridized carbons (Fsp3) is 0.920. The summed E-state index contributed by atoms with van der Waals surface area (Å²) in [4.78, 5) is 25.4. The average Bonchev–Trinajstić information content (AvgIpc) is 2.95. The van der Waals surface area contributed by atoms with Crippen molar-refractivity contribution in [3.8, 4) is 6.07 Å². The van der Waals surface area contributed by atoms with Gasteiger partial charge in [-0.1, -0.05) is 48.0 Å². The van der Waals surface area contributed by atoms with E-state index in [1.165, 1.54) is 0 Å². The van der Waals surface area contributed by atoms with Gasteiger partial charge in [-0.15, -0.1) is 0 Å². The zero-order valence-corrected chi connectivity index (χ0v) is 22.7. The van der Waals surface area contributed by atoms with Crippen LogP contribution in [0.25, 0.3) is 0 Å². The quantitative estimate of drug-likeness (QED) is 0.289. The summed E-state index contributed by atoms with van der Waals surface area (Å²) < 4.78 is 13.4. The van der Waals surface area contributed by atoms with Crippen LogP contribution >= 0.6 is 0 Å². The lowest BCUT2D eigenvalue weighted by molar-refractivity contribution is -0.481. The van der Waals surface area contributed by atoms with E-state index in [9.17, 15) is 20.2 Å². The largest absolute Gasteiger partial charge is 0.416 e. The Morgan fingerprint density at radius 1 is 1.30 bits per heavy atom. The van der Waals surface area contributed by atoms with E-state index >= 15 is 0 Å². The van der Waals surface area contributed by atoms with Crippen LogP contribution in [0.2, 0.25) is 18.1 Å². The van der Waals surface area contributed by atoms with Gasteiger partial charge in [0.1, 0.15) is 5.60 Å². The van der Waals surface area contributed by atoms with Crippen LogP contribution in [-0.2, 0) is 14.0 Å². The summed E-state index contributed by atoms with van der Waals surface area (Å²) in [7, 11) is -2.04. The number of carbonyl (C=O) groups is 1. The van der Waals surface area contributed by atoms with Gasteiger partial charge in [-0.2, -0.15) is 5.26 Å². The van der Waals surface area contributed by atoms with Crippen molar-refractivity contribution in [2.75, 3.05) is 13.2 Å². The molecule has 0 radical (unpaired) electrons. The maximum absolute atomic E-state index is 14.5. The van der Waals surface area contributed by atoms with Crippen LogP contribution in [-0.4, -0.2) is 43.9 Å². The molecular weight excluding hydrogens is 436 g/mol. The molecule has 2 aliphatic heterocycles. The lowest BCUT2D eigenvalue weighted by Crippen LogP contribution is -2.62. The van der Waals surface area contributed by atoms with Gasteiger partial charge in [0.25, 0.3) is 0 Å². The highest BCUT2D eigenvalue weighted by Crippen LogP contribution is 2.64. The number of Topliss-reactive ketones (excluding diaryl/α,β-unsaturated/α-hetero) is 1. The molecule has 0 amide bonds. The molecule has 6 atom stereocenters. The number of hydrogen-bond acceptors (Lipinski definition) is 6. The van der Waals surface area contributed by atoms with Crippen LogP contribution in [0.15, 0.2) is 0 Å². The second kappa shape index (κ2) is 8.42. The third-order valence-corrected chi connectivity index (χ3v) is 14.2. The monoisotopic (exact) mass is 478 g/mol. The molecule has 186 valence electrons. The van der Waals surface area contributed by atoms with Crippen LogP contribution < -0.4 is 0 Å². The van der Waals surface area contributed by atoms with E-state index in [4.69, 9.17) is 9.16 Å². The smallest absolute Gasteiger partial charge is 0.204 e. The van der Waals surface area contributed by atoms with Gasteiger partial charge in [0.05, 0.1) is 18.1 Å². The van der Waals surface area contributed by atoms with Gasteiger partial charge in [-0.25, -0.2) is 0 Å². The Bertz CT molecular complexity index is 845. The van der Waals surface area contributed by atoms with Crippen molar-refractivity contribution in [2.24, 2.45) is 28.6 Å². The Labute approximate surface area is 199 Å². The molecule has 1 unspecified atom stereocenters. The van der Waals surface area contributed by atoms with Crippen LogP contribution in [0.5, 0.6) is 0 Å². The second-order valence-corrected chi connectivity index (χ2v) is 17.8. The van der Waals surface area contributed by atoms with E-state index in [1.807, 2.05) is 13.8 Å². The van der Waals surface area contributed by atoms with Crippen molar-refractivity contribution in [1.29, 1.82) is 5.26 Å². The Morgan fingerprint density at radius 2 is 1.94 bits per heavy atom.